The van der Waals surface area contributed by atoms with Gasteiger partial charge in [0.1, 0.15) is 5.82 Å². The van der Waals surface area contributed by atoms with Crippen LogP contribution in [0.2, 0.25) is 0 Å². The van der Waals surface area contributed by atoms with E-state index in [0.717, 1.165) is 6.42 Å². The molecule has 3 aromatic rings. The van der Waals surface area contributed by atoms with E-state index in [9.17, 15) is 17.6 Å². The number of methoxy groups -OCH3 is 1. The topological polar surface area (TPSA) is 118 Å². The highest BCUT2D eigenvalue weighted by Gasteiger charge is 2.27. The van der Waals surface area contributed by atoms with Crippen LogP contribution in [0.1, 0.15) is 30.2 Å². The summed E-state index contributed by atoms with van der Waals surface area (Å²) < 4.78 is 49.7. The lowest BCUT2D eigenvalue weighted by Gasteiger charge is -2.17. The van der Waals surface area contributed by atoms with Gasteiger partial charge in [0.05, 0.1) is 18.5 Å². The largest absolute Gasteiger partial charge is 0.481 e. The van der Waals surface area contributed by atoms with Crippen LogP contribution in [0.4, 0.5) is 14.9 Å². The molecule has 12 heteroatoms. The minimum absolute atomic E-state index is 0.250. The summed E-state index contributed by atoms with van der Waals surface area (Å²) in [4.78, 5) is 18.9. The number of pyridine rings is 1. The van der Waals surface area contributed by atoms with Gasteiger partial charge in [-0.15, -0.1) is 0 Å². The third kappa shape index (κ3) is 5.19. The number of benzene rings is 1. The lowest BCUT2D eigenvalue weighted by atomic mass is 9.97. The lowest BCUT2D eigenvalue weighted by molar-refractivity contribution is 0.256. The zero-order valence-electron chi connectivity index (χ0n) is 20.6. The monoisotopic (exact) mass is 516 g/mol. The number of hydrogen-bond donors (Lipinski definition) is 2. The highest BCUT2D eigenvalue weighted by Crippen LogP contribution is 2.39. The minimum Gasteiger partial charge on any atom is -0.481 e. The second-order valence-electron chi connectivity index (χ2n) is 8.77. The van der Waals surface area contributed by atoms with Gasteiger partial charge in [-0.25, -0.2) is 18.9 Å². The zero-order chi connectivity index (χ0) is 26.0. The Morgan fingerprint density at radius 2 is 1.97 bits per heavy atom. The van der Waals surface area contributed by atoms with Crippen molar-refractivity contribution in [3.05, 3.63) is 53.1 Å². The Hall–Kier alpha value is -3.51. The van der Waals surface area contributed by atoms with Crippen LogP contribution in [0.5, 0.6) is 5.88 Å². The van der Waals surface area contributed by atoms with Gasteiger partial charge >= 0.3 is 6.03 Å². The van der Waals surface area contributed by atoms with Crippen LogP contribution in [-0.4, -0.2) is 55.3 Å². The third-order valence-corrected chi connectivity index (χ3v) is 7.17. The molecule has 0 spiro atoms. The number of rotatable bonds is 8. The van der Waals surface area contributed by atoms with E-state index in [-0.39, 0.29) is 10.8 Å². The first kappa shape index (κ1) is 25.6. The van der Waals surface area contributed by atoms with Gasteiger partial charge < -0.3 is 15.0 Å². The fourth-order valence-electron chi connectivity index (χ4n) is 4.39. The van der Waals surface area contributed by atoms with E-state index in [1.807, 2.05) is 30.6 Å². The van der Waals surface area contributed by atoms with E-state index in [4.69, 9.17) is 4.74 Å². The summed E-state index contributed by atoms with van der Waals surface area (Å²) in [7, 11) is 0.945. The molecule has 36 heavy (non-hydrogen) atoms. The fourth-order valence-corrected chi connectivity index (χ4v) is 5.29. The van der Waals surface area contributed by atoms with Gasteiger partial charge in [0.25, 0.3) is 10.0 Å². The first-order valence-corrected chi connectivity index (χ1v) is 13.0. The number of nitrogens with zero attached hydrogens (tertiary/aromatic N) is 4. The molecular weight excluding hydrogens is 487 g/mol. The van der Waals surface area contributed by atoms with Crippen molar-refractivity contribution < 1.29 is 22.3 Å². The summed E-state index contributed by atoms with van der Waals surface area (Å²) in [6.45, 7) is 2.82. The van der Waals surface area contributed by atoms with Gasteiger partial charge in [-0.2, -0.15) is 13.5 Å². The molecule has 2 heterocycles. The Balaban J connectivity index is 1.66. The number of fused-ring (bicyclic) bond motifs is 1. The number of carbonyl (C=O) groups is 1. The number of aromatic nitrogens is 3. The van der Waals surface area contributed by atoms with Crippen LogP contribution < -0.4 is 14.8 Å². The van der Waals surface area contributed by atoms with Gasteiger partial charge in [0.15, 0.2) is 5.03 Å². The van der Waals surface area contributed by atoms with E-state index in [0.29, 0.717) is 65.4 Å². The molecule has 0 saturated carbocycles. The molecule has 0 unspecified atom stereocenters. The maximum Gasteiger partial charge on any atom is 0.333 e. The fraction of sp³-hybridized carbons (Fsp3) is 0.375. The van der Waals surface area contributed by atoms with Gasteiger partial charge in [-0.05, 0) is 69.1 Å². The molecular formula is C24H29FN6O4S. The van der Waals surface area contributed by atoms with Crippen LogP contribution >= 0.6 is 0 Å². The SMILES string of the molecule is CCn1nc(S(=O)(=O)NC(=O)Nc2c(-c3ccnc(OC)c3)cc(F)c3c2CCC3)cc1CN(C)C. The van der Waals surface area contributed by atoms with E-state index < -0.39 is 16.1 Å². The van der Waals surface area contributed by atoms with Crippen LogP contribution in [0.3, 0.4) is 0 Å². The highest BCUT2D eigenvalue weighted by molar-refractivity contribution is 7.90. The van der Waals surface area contributed by atoms with Crippen molar-refractivity contribution in [2.45, 2.75) is 44.3 Å². The average molecular weight is 517 g/mol. The molecule has 10 nitrogen and oxygen atoms in total. The molecule has 0 fully saturated rings. The number of sulfonamides is 1. The Bertz CT molecular complexity index is 1400. The van der Waals surface area contributed by atoms with Gasteiger partial charge in [0, 0.05) is 37.0 Å². The summed E-state index contributed by atoms with van der Waals surface area (Å²) in [6, 6.07) is 5.13. The standard InChI is InChI=1S/C24H29FN6O4S/c1-5-31-16(14-30(2)3)12-22(28-31)36(33,34)29-24(32)27-23-18-8-6-7-17(18)20(25)13-19(23)15-9-10-26-21(11-15)35-4/h9-13H,5-8,14H2,1-4H3,(H2,27,29,32). The van der Waals surface area contributed by atoms with Crippen molar-refractivity contribution in [1.82, 2.24) is 24.4 Å². The number of halogens is 1. The summed E-state index contributed by atoms with van der Waals surface area (Å²) in [5, 5.41) is 6.57. The lowest BCUT2D eigenvalue weighted by Crippen LogP contribution is -2.35. The molecule has 192 valence electrons. The number of carbonyl (C=O) groups excluding carboxylic acids is 1. The van der Waals surface area contributed by atoms with Crippen LogP contribution in [-0.2, 0) is 36.0 Å². The molecule has 0 radical (unpaired) electrons. The van der Waals surface area contributed by atoms with Crippen molar-refractivity contribution in [3.63, 3.8) is 0 Å². The van der Waals surface area contributed by atoms with E-state index in [1.165, 1.54) is 25.4 Å². The summed E-state index contributed by atoms with van der Waals surface area (Å²) in [6.07, 6.45) is 3.34. The predicted molar refractivity (Wildman–Crippen MR) is 133 cm³/mol. The molecule has 1 aliphatic rings. The normalized spacial score (nSPS) is 13.1. The van der Waals surface area contributed by atoms with Gasteiger partial charge in [-0.3, -0.25) is 4.68 Å². The zero-order valence-corrected chi connectivity index (χ0v) is 21.4. The molecule has 0 aliphatic heterocycles. The van der Waals surface area contributed by atoms with E-state index in [1.54, 1.807) is 16.8 Å². The molecule has 4 rings (SSSR count). The van der Waals surface area contributed by atoms with Gasteiger partial charge in [-0.1, -0.05) is 0 Å². The Morgan fingerprint density at radius 1 is 1.22 bits per heavy atom. The summed E-state index contributed by atoms with van der Waals surface area (Å²) >= 11 is 0. The maximum absolute atomic E-state index is 14.9. The maximum atomic E-state index is 14.9. The van der Waals surface area contributed by atoms with Crippen molar-refractivity contribution in [2.75, 3.05) is 26.5 Å². The molecule has 1 aliphatic carbocycles. The number of urea groups is 1. The summed E-state index contributed by atoms with van der Waals surface area (Å²) in [5.41, 5.74) is 3.21. The quantitative estimate of drug-likeness (QED) is 0.472. The van der Waals surface area contributed by atoms with Crippen molar-refractivity contribution in [3.8, 4) is 17.0 Å². The van der Waals surface area contributed by atoms with Crippen molar-refractivity contribution in [2.24, 2.45) is 0 Å². The summed E-state index contributed by atoms with van der Waals surface area (Å²) in [5.74, 6) is -0.0446. The average Bonchev–Trinajstić information content (AvgIpc) is 3.48. The highest BCUT2D eigenvalue weighted by atomic mass is 32.2. The molecule has 1 aromatic carbocycles. The van der Waals surface area contributed by atoms with E-state index >= 15 is 0 Å². The molecule has 2 N–H and O–H groups in total. The molecule has 0 atom stereocenters. The van der Waals surface area contributed by atoms with Crippen molar-refractivity contribution in [1.29, 1.82) is 0 Å². The molecule has 2 aromatic heterocycles. The Labute approximate surface area is 209 Å². The first-order chi connectivity index (χ1) is 17.1. The number of aryl methyl sites for hydroxylation is 1. The van der Waals surface area contributed by atoms with E-state index in [2.05, 4.69) is 15.4 Å². The van der Waals surface area contributed by atoms with Crippen LogP contribution in [0.25, 0.3) is 11.1 Å². The molecule has 0 saturated heterocycles. The smallest absolute Gasteiger partial charge is 0.333 e. The number of anilines is 1. The molecule has 2 amide bonds. The predicted octanol–water partition coefficient (Wildman–Crippen LogP) is 3.17. The second kappa shape index (κ2) is 10.2. The minimum atomic E-state index is -4.25. The Kier molecular flexibility index (Phi) is 7.27. The Morgan fingerprint density at radius 3 is 2.67 bits per heavy atom. The number of ether oxygens (including phenoxy) is 1. The number of hydrogen-bond acceptors (Lipinski definition) is 7. The van der Waals surface area contributed by atoms with Crippen LogP contribution in [0.15, 0.2) is 35.5 Å². The molecule has 0 bridgehead atoms. The van der Waals surface area contributed by atoms with Crippen LogP contribution in [0, 0.1) is 5.82 Å². The number of nitrogens with one attached hydrogen (secondary N) is 2. The first-order valence-electron chi connectivity index (χ1n) is 11.5. The van der Waals surface area contributed by atoms with Gasteiger partial charge in [0.2, 0.25) is 5.88 Å². The number of amides is 2. The van der Waals surface area contributed by atoms with Crippen molar-refractivity contribution >= 4 is 21.7 Å². The second-order valence-corrected chi connectivity index (χ2v) is 10.4. The third-order valence-electron chi connectivity index (χ3n) is 5.96.